The number of benzene rings is 2. The number of aryl methyl sites for hydroxylation is 2. The summed E-state index contributed by atoms with van der Waals surface area (Å²) in [5.41, 5.74) is 3.83. The second-order valence-corrected chi connectivity index (χ2v) is 6.18. The van der Waals surface area contributed by atoms with Crippen molar-refractivity contribution in [1.82, 2.24) is 9.97 Å². The minimum Gasteiger partial charge on any atom is -0.497 e. The van der Waals surface area contributed by atoms with Gasteiger partial charge < -0.3 is 20.1 Å². The molecule has 0 saturated carbocycles. The van der Waals surface area contributed by atoms with Crippen LogP contribution in [-0.4, -0.2) is 30.1 Å². The molecule has 3 aromatic rings. The van der Waals surface area contributed by atoms with Crippen molar-refractivity contribution in [3.8, 4) is 11.5 Å². The average molecular weight is 378 g/mol. The van der Waals surface area contributed by atoms with Gasteiger partial charge in [-0.1, -0.05) is 18.2 Å². The van der Waals surface area contributed by atoms with Crippen LogP contribution in [0.1, 0.15) is 21.6 Å². The summed E-state index contributed by atoms with van der Waals surface area (Å²) in [6.07, 6.45) is 1.54. The van der Waals surface area contributed by atoms with Crippen molar-refractivity contribution in [2.75, 3.05) is 24.9 Å². The molecule has 0 aliphatic rings. The Balaban J connectivity index is 1.81. The van der Waals surface area contributed by atoms with E-state index in [1.54, 1.807) is 37.6 Å². The van der Waals surface area contributed by atoms with E-state index in [0.717, 1.165) is 16.8 Å². The highest BCUT2D eigenvalue weighted by atomic mass is 16.5. The Kier molecular flexibility index (Phi) is 5.74. The molecule has 0 aliphatic heterocycles. The molecule has 2 aromatic carbocycles. The van der Waals surface area contributed by atoms with Gasteiger partial charge in [0.25, 0.3) is 5.91 Å². The van der Waals surface area contributed by atoms with Gasteiger partial charge in [-0.15, -0.1) is 0 Å². The summed E-state index contributed by atoms with van der Waals surface area (Å²) in [6, 6.07) is 12.7. The van der Waals surface area contributed by atoms with Crippen LogP contribution in [-0.2, 0) is 0 Å². The van der Waals surface area contributed by atoms with Crippen LogP contribution in [0.5, 0.6) is 11.5 Å². The van der Waals surface area contributed by atoms with E-state index in [-0.39, 0.29) is 11.6 Å². The highest BCUT2D eigenvalue weighted by Crippen LogP contribution is 2.29. The number of nitrogens with one attached hydrogen (secondary N) is 2. The lowest BCUT2D eigenvalue weighted by atomic mass is 10.1. The van der Waals surface area contributed by atoms with Gasteiger partial charge in [-0.05, 0) is 43.2 Å². The number of carbonyl (C=O) groups is 1. The second-order valence-electron chi connectivity index (χ2n) is 6.18. The Bertz CT molecular complexity index is 984. The van der Waals surface area contributed by atoms with E-state index in [9.17, 15) is 4.79 Å². The Labute approximate surface area is 163 Å². The van der Waals surface area contributed by atoms with Crippen LogP contribution >= 0.6 is 0 Å². The molecule has 1 amide bonds. The number of nitrogens with zero attached hydrogens (tertiary/aromatic N) is 2. The van der Waals surface area contributed by atoms with Gasteiger partial charge in [-0.3, -0.25) is 4.79 Å². The molecule has 2 N–H and O–H groups in total. The lowest BCUT2D eigenvalue weighted by Gasteiger charge is -2.13. The largest absolute Gasteiger partial charge is 0.497 e. The highest BCUT2D eigenvalue weighted by Gasteiger charge is 2.13. The van der Waals surface area contributed by atoms with Crippen molar-refractivity contribution >= 4 is 23.2 Å². The van der Waals surface area contributed by atoms with Gasteiger partial charge in [0.2, 0.25) is 5.95 Å². The highest BCUT2D eigenvalue weighted by molar-refractivity contribution is 6.03. The molecule has 7 nitrogen and oxygen atoms in total. The number of ether oxygens (including phenoxy) is 2. The Hall–Kier alpha value is -3.61. The molecule has 0 unspecified atom stereocenters. The summed E-state index contributed by atoms with van der Waals surface area (Å²) in [6.45, 7) is 4.00. The Morgan fingerprint density at radius 3 is 2.43 bits per heavy atom. The first-order valence-corrected chi connectivity index (χ1v) is 8.71. The Morgan fingerprint density at radius 1 is 1.00 bits per heavy atom. The third-order valence-electron chi connectivity index (χ3n) is 4.26. The Morgan fingerprint density at radius 2 is 1.75 bits per heavy atom. The number of amides is 1. The molecule has 144 valence electrons. The number of methoxy groups -OCH3 is 2. The van der Waals surface area contributed by atoms with Gasteiger partial charge in [0.15, 0.2) is 0 Å². The zero-order chi connectivity index (χ0) is 20.1. The molecule has 0 bridgehead atoms. The maximum atomic E-state index is 12.7. The van der Waals surface area contributed by atoms with Crippen molar-refractivity contribution in [2.24, 2.45) is 0 Å². The van der Waals surface area contributed by atoms with E-state index in [2.05, 4.69) is 20.6 Å². The number of hydrogen-bond acceptors (Lipinski definition) is 6. The van der Waals surface area contributed by atoms with Crippen LogP contribution in [0.25, 0.3) is 0 Å². The second kappa shape index (κ2) is 8.39. The number of rotatable bonds is 6. The molecule has 0 aliphatic carbocycles. The summed E-state index contributed by atoms with van der Waals surface area (Å²) in [4.78, 5) is 21.2. The molecule has 3 rings (SSSR count). The number of anilines is 3. The van der Waals surface area contributed by atoms with Gasteiger partial charge in [0.1, 0.15) is 17.2 Å². The van der Waals surface area contributed by atoms with E-state index in [1.807, 2.05) is 32.0 Å². The van der Waals surface area contributed by atoms with E-state index in [1.165, 1.54) is 7.11 Å². The van der Waals surface area contributed by atoms with Crippen LogP contribution in [0.3, 0.4) is 0 Å². The van der Waals surface area contributed by atoms with Gasteiger partial charge >= 0.3 is 0 Å². The predicted molar refractivity (Wildman–Crippen MR) is 109 cm³/mol. The molecular weight excluding hydrogens is 356 g/mol. The van der Waals surface area contributed by atoms with E-state index in [4.69, 9.17) is 9.47 Å². The van der Waals surface area contributed by atoms with Crippen LogP contribution in [0.4, 0.5) is 17.3 Å². The fraction of sp³-hybridized carbons (Fsp3) is 0.190. The number of carbonyl (C=O) groups excluding carboxylic acids is 1. The number of aromatic nitrogens is 2. The first-order valence-electron chi connectivity index (χ1n) is 8.71. The maximum absolute atomic E-state index is 12.7. The molecule has 0 spiro atoms. The molecule has 0 saturated heterocycles. The summed E-state index contributed by atoms with van der Waals surface area (Å²) in [7, 11) is 3.10. The standard InChI is InChI=1S/C21H22N4O3/c1-13-6-5-7-14(2)19(13)25-21-22-11-10-17(24-21)20(26)23-16-9-8-15(27-3)12-18(16)28-4/h5-12H,1-4H3,(H,23,26)(H,22,24,25). The quantitative estimate of drug-likeness (QED) is 0.671. The van der Waals surface area contributed by atoms with Crippen molar-refractivity contribution in [2.45, 2.75) is 13.8 Å². The monoisotopic (exact) mass is 378 g/mol. The SMILES string of the molecule is COc1ccc(NC(=O)c2ccnc(Nc3c(C)cccc3C)n2)c(OC)c1. The fourth-order valence-electron chi connectivity index (χ4n) is 2.76. The molecule has 28 heavy (non-hydrogen) atoms. The molecule has 0 fully saturated rings. The van der Waals surface area contributed by atoms with Crippen molar-refractivity contribution in [3.63, 3.8) is 0 Å². The molecule has 0 radical (unpaired) electrons. The van der Waals surface area contributed by atoms with Crippen LogP contribution in [0, 0.1) is 13.8 Å². The number of hydrogen-bond donors (Lipinski definition) is 2. The average Bonchev–Trinajstić information content (AvgIpc) is 2.71. The van der Waals surface area contributed by atoms with Crippen LogP contribution < -0.4 is 20.1 Å². The summed E-state index contributed by atoms with van der Waals surface area (Å²) >= 11 is 0. The van der Waals surface area contributed by atoms with Crippen LogP contribution in [0.2, 0.25) is 0 Å². The lowest BCUT2D eigenvalue weighted by molar-refractivity contribution is 0.102. The van der Waals surface area contributed by atoms with Crippen molar-refractivity contribution in [3.05, 3.63) is 65.5 Å². The molecule has 0 atom stereocenters. The zero-order valence-corrected chi connectivity index (χ0v) is 16.2. The minimum atomic E-state index is -0.365. The molecule has 1 aromatic heterocycles. The topological polar surface area (TPSA) is 85.4 Å². The van der Waals surface area contributed by atoms with E-state index < -0.39 is 0 Å². The smallest absolute Gasteiger partial charge is 0.274 e. The predicted octanol–water partition coefficient (Wildman–Crippen LogP) is 4.11. The molecule has 7 heteroatoms. The third kappa shape index (κ3) is 4.20. The zero-order valence-electron chi connectivity index (χ0n) is 16.2. The lowest BCUT2D eigenvalue weighted by Crippen LogP contribution is -2.15. The van der Waals surface area contributed by atoms with Gasteiger partial charge in [-0.25, -0.2) is 9.97 Å². The molecule has 1 heterocycles. The summed E-state index contributed by atoms with van der Waals surface area (Å²) in [5, 5.41) is 6.00. The van der Waals surface area contributed by atoms with Crippen molar-refractivity contribution < 1.29 is 14.3 Å². The first kappa shape index (κ1) is 19.2. The van der Waals surface area contributed by atoms with Crippen molar-refractivity contribution in [1.29, 1.82) is 0 Å². The normalized spacial score (nSPS) is 10.3. The summed E-state index contributed by atoms with van der Waals surface area (Å²) < 4.78 is 10.5. The molecular formula is C21H22N4O3. The van der Waals surface area contributed by atoms with E-state index >= 15 is 0 Å². The fourth-order valence-corrected chi connectivity index (χ4v) is 2.76. The van der Waals surface area contributed by atoms with E-state index in [0.29, 0.717) is 23.1 Å². The van der Waals surface area contributed by atoms with Crippen LogP contribution in [0.15, 0.2) is 48.7 Å². The van der Waals surface area contributed by atoms with Gasteiger partial charge in [0, 0.05) is 18.0 Å². The first-order chi connectivity index (χ1) is 13.5. The number of para-hydroxylation sites is 1. The summed E-state index contributed by atoms with van der Waals surface area (Å²) in [5.74, 6) is 1.12. The maximum Gasteiger partial charge on any atom is 0.274 e. The van der Waals surface area contributed by atoms with Gasteiger partial charge in [0.05, 0.1) is 19.9 Å². The third-order valence-corrected chi connectivity index (χ3v) is 4.26. The van der Waals surface area contributed by atoms with Gasteiger partial charge in [-0.2, -0.15) is 0 Å². The minimum absolute atomic E-state index is 0.238.